The number of fused-ring (bicyclic) bond motifs is 1. The molecule has 0 aliphatic carbocycles. The third-order valence-corrected chi connectivity index (χ3v) is 8.64. The van der Waals surface area contributed by atoms with Crippen LogP contribution in [0.1, 0.15) is 31.6 Å². The maximum atomic E-state index is 14.2. The molecule has 48 heavy (non-hydrogen) atoms. The summed E-state index contributed by atoms with van der Waals surface area (Å²) in [5.41, 5.74) is 0.848. The van der Waals surface area contributed by atoms with Crippen molar-refractivity contribution in [1.29, 1.82) is 0 Å². The maximum Gasteiger partial charge on any atom is 0.327 e. The van der Waals surface area contributed by atoms with E-state index >= 15 is 0 Å². The number of nitrogens with one attached hydrogen (secondary N) is 2. The first-order valence-corrected chi connectivity index (χ1v) is 15.6. The molecule has 2 saturated heterocycles. The van der Waals surface area contributed by atoms with Crippen molar-refractivity contribution in [1.82, 2.24) is 19.9 Å². The van der Waals surface area contributed by atoms with Crippen molar-refractivity contribution in [2.45, 2.75) is 31.8 Å². The van der Waals surface area contributed by atoms with Crippen LogP contribution < -0.4 is 35.6 Å². The number of aromatic nitrogens is 2. The monoisotopic (exact) mass is 657 g/mol. The van der Waals surface area contributed by atoms with E-state index in [2.05, 4.69) is 10.6 Å². The zero-order valence-electron chi connectivity index (χ0n) is 26.8. The predicted molar refractivity (Wildman–Crippen MR) is 178 cm³/mol. The van der Waals surface area contributed by atoms with Crippen LogP contribution in [-0.2, 0) is 9.59 Å². The molecule has 6 rings (SSSR count). The molecule has 3 aromatic carbocycles. The minimum Gasteiger partial charge on any atom is -0.497 e. The van der Waals surface area contributed by atoms with Crippen LogP contribution in [0.5, 0.6) is 11.5 Å². The minimum atomic E-state index is -0.863. The zero-order chi connectivity index (χ0) is 33.9. The van der Waals surface area contributed by atoms with Crippen molar-refractivity contribution in [3.05, 3.63) is 88.7 Å². The number of halogens is 1. The zero-order valence-corrected chi connectivity index (χ0v) is 26.8. The highest BCUT2D eigenvalue weighted by atomic mass is 19.1. The number of rotatable bonds is 8. The molecule has 2 fully saturated rings. The molecule has 3 heterocycles. The average Bonchev–Trinajstić information content (AvgIpc) is 3.55. The fourth-order valence-electron chi connectivity index (χ4n) is 6.13. The topological polar surface area (TPSA) is 138 Å². The third kappa shape index (κ3) is 6.33. The van der Waals surface area contributed by atoms with Gasteiger partial charge in [0.15, 0.2) is 5.82 Å². The standard InChI is InChI=1S/C34H36FN7O6/c1-21(41(28-14-12-24(47-2)20-29(28)48-3)34(46)36-23-10-8-22(35)9-11-23)31-38-26-7-5-4-6-25(26)32(44)42(31)40-18-16-39(17-19-40)33(45)27-13-15-30(43)37-27/h4-12,14,20-21,27H,13,15-19H2,1-3H3,(H,36,46)(H,37,43)/t21?,27-/m0/s1. The highest BCUT2D eigenvalue weighted by Crippen LogP contribution is 2.37. The second-order valence-corrected chi connectivity index (χ2v) is 11.6. The number of methoxy groups -OCH3 is 2. The van der Waals surface area contributed by atoms with Gasteiger partial charge in [0.05, 0.1) is 49.9 Å². The molecule has 2 aliphatic heterocycles. The van der Waals surface area contributed by atoms with Crippen LogP contribution in [0.15, 0.2) is 71.5 Å². The molecular weight excluding hydrogens is 621 g/mol. The van der Waals surface area contributed by atoms with Crippen molar-refractivity contribution < 1.29 is 28.2 Å². The number of ether oxygens (including phenoxy) is 2. The molecule has 4 amide bonds. The first-order valence-electron chi connectivity index (χ1n) is 15.6. The number of amides is 4. The summed E-state index contributed by atoms with van der Waals surface area (Å²) in [7, 11) is 2.99. The molecule has 4 aromatic rings. The van der Waals surface area contributed by atoms with Crippen LogP contribution in [-0.4, -0.2) is 78.8 Å². The Balaban J connectivity index is 1.41. The highest BCUT2D eigenvalue weighted by Gasteiger charge is 2.35. The SMILES string of the molecule is COc1ccc(N(C(=O)Nc2ccc(F)cc2)C(C)c2nc3ccccc3c(=O)n2N2CCN(C(=O)[C@@H]3CCC(=O)N3)CC2)c(OC)c1. The van der Waals surface area contributed by atoms with E-state index in [4.69, 9.17) is 14.5 Å². The normalized spacial score (nSPS) is 16.8. The van der Waals surface area contributed by atoms with Crippen LogP contribution in [0.2, 0.25) is 0 Å². The molecule has 250 valence electrons. The van der Waals surface area contributed by atoms with Crippen molar-refractivity contribution in [3.63, 3.8) is 0 Å². The van der Waals surface area contributed by atoms with Crippen LogP contribution in [0, 0.1) is 5.82 Å². The van der Waals surface area contributed by atoms with Gasteiger partial charge in [0.25, 0.3) is 5.56 Å². The summed E-state index contributed by atoms with van der Waals surface area (Å²) >= 11 is 0. The predicted octanol–water partition coefficient (Wildman–Crippen LogP) is 3.41. The van der Waals surface area contributed by atoms with Gasteiger partial charge in [-0.3, -0.25) is 19.3 Å². The minimum absolute atomic E-state index is 0.138. The van der Waals surface area contributed by atoms with E-state index in [0.29, 0.717) is 72.8 Å². The van der Waals surface area contributed by atoms with Crippen molar-refractivity contribution in [2.75, 3.05) is 55.6 Å². The van der Waals surface area contributed by atoms with Gasteiger partial charge in [-0.25, -0.2) is 18.8 Å². The van der Waals surface area contributed by atoms with E-state index in [-0.39, 0.29) is 23.2 Å². The van der Waals surface area contributed by atoms with Crippen LogP contribution in [0.4, 0.5) is 20.6 Å². The quantitative estimate of drug-likeness (QED) is 0.294. The lowest BCUT2D eigenvalue weighted by atomic mass is 10.1. The van der Waals surface area contributed by atoms with Crippen molar-refractivity contribution >= 4 is 40.1 Å². The molecule has 1 unspecified atom stereocenters. The summed E-state index contributed by atoms with van der Waals surface area (Å²) in [5.74, 6) is 0.376. The lowest BCUT2D eigenvalue weighted by molar-refractivity contribution is -0.134. The number of urea groups is 1. The Morgan fingerprint density at radius 1 is 1.00 bits per heavy atom. The van der Waals surface area contributed by atoms with Gasteiger partial charge in [-0.2, -0.15) is 0 Å². The van der Waals surface area contributed by atoms with Gasteiger partial charge in [0.2, 0.25) is 11.8 Å². The van der Waals surface area contributed by atoms with Gasteiger partial charge >= 0.3 is 6.03 Å². The summed E-state index contributed by atoms with van der Waals surface area (Å²) in [5, 5.41) is 7.78. The average molecular weight is 658 g/mol. The summed E-state index contributed by atoms with van der Waals surface area (Å²) in [6.07, 6.45) is 0.776. The van der Waals surface area contributed by atoms with E-state index in [9.17, 15) is 23.6 Å². The summed E-state index contributed by atoms with van der Waals surface area (Å²) in [4.78, 5) is 61.3. The number of anilines is 2. The number of hydrogen-bond donors (Lipinski definition) is 2. The van der Waals surface area contributed by atoms with Crippen molar-refractivity contribution in [3.8, 4) is 11.5 Å². The smallest absolute Gasteiger partial charge is 0.327 e. The Hall–Kier alpha value is -5.66. The molecule has 0 saturated carbocycles. The lowest BCUT2D eigenvalue weighted by Gasteiger charge is -2.39. The molecule has 1 aromatic heterocycles. The Morgan fingerprint density at radius 2 is 1.73 bits per heavy atom. The number of nitrogens with zero attached hydrogens (tertiary/aromatic N) is 5. The summed E-state index contributed by atoms with van der Waals surface area (Å²) in [6.45, 7) is 3.00. The number of carbonyl (C=O) groups is 3. The molecule has 0 radical (unpaired) electrons. The molecule has 0 spiro atoms. The van der Waals surface area contributed by atoms with Crippen LogP contribution in [0.25, 0.3) is 10.9 Å². The van der Waals surface area contributed by atoms with E-state index in [1.54, 1.807) is 54.3 Å². The maximum absolute atomic E-state index is 14.2. The summed E-state index contributed by atoms with van der Waals surface area (Å²) in [6, 6.07) is 15.4. The van der Waals surface area contributed by atoms with Gasteiger partial charge in [-0.1, -0.05) is 12.1 Å². The molecular formula is C34H36FN7O6. The largest absolute Gasteiger partial charge is 0.497 e. The molecule has 14 heteroatoms. The van der Waals surface area contributed by atoms with Crippen molar-refractivity contribution in [2.24, 2.45) is 0 Å². The van der Waals surface area contributed by atoms with Gasteiger partial charge in [0.1, 0.15) is 23.4 Å². The first kappa shape index (κ1) is 32.3. The van der Waals surface area contributed by atoms with Crippen LogP contribution in [0.3, 0.4) is 0 Å². The number of para-hydroxylation sites is 1. The van der Waals surface area contributed by atoms with E-state index < -0.39 is 23.9 Å². The Labute approximate surface area is 275 Å². The number of hydrogen-bond acceptors (Lipinski definition) is 8. The second-order valence-electron chi connectivity index (χ2n) is 11.6. The van der Waals surface area contributed by atoms with Gasteiger partial charge in [-0.05, 0) is 61.9 Å². The highest BCUT2D eigenvalue weighted by molar-refractivity contribution is 6.03. The summed E-state index contributed by atoms with van der Waals surface area (Å²) < 4.78 is 26.2. The Kier molecular flexibility index (Phi) is 9.15. The van der Waals surface area contributed by atoms with Gasteiger partial charge in [0, 0.05) is 31.3 Å². The lowest BCUT2D eigenvalue weighted by Crippen LogP contribution is -2.58. The molecule has 2 atom stereocenters. The molecule has 13 nitrogen and oxygen atoms in total. The number of benzene rings is 3. The molecule has 2 N–H and O–H groups in total. The fraction of sp³-hybridized carbons (Fsp3) is 0.324. The van der Waals surface area contributed by atoms with E-state index in [0.717, 1.165) is 0 Å². The van der Waals surface area contributed by atoms with Gasteiger partial charge in [-0.15, -0.1) is 0 Å². The number of piperazine rings is 1. The molecule has 0 bridgehead atoms. The second kappa shape index (κ2) is 13.6. The van der Waals surface area contributed by atoms with Gasteiger partial charge < -0.3 is 30.0 Å². The molecule has 2 aliphatic rings. The number of carbonyl (C=O) groups excluding carboxylic acids is 3. The Bertz CT molecular complexity index is 1910. The Morgan fingerprint density at radius 3 is 2.40 bits per heavy atom. The fourth-order valence-corrected chi connectivity index (χ4v) is 6.13. The third-order valence-electron chi connectivity index (χ3n) is 8.64. The first-order chi connectivity index (χ1) is 23.2. The van der Waals surface area contributed by atoms with Crippen LogP contribution >= 0.6 is 0 Å². The van der Waals surface area contributed by atoms with E-state index in [1.165, 1.54) is 48.1 Å². The van der Waals surface area contributed by atoms with E-state index in [1.807, 2.05) is 5.01 Å².